The number of carbonyl (C=O) groups excluding carboxylic acids is 1. The molecule has 136 valence electrons. The Morgan fingerprint density at radius 1 is 1.40 bits per heavy atom. The monoisotopic (exact) mass is 401 g/mol. The minimum Gasteiger partial charge on any atom is -0.352 e. The van der Waals surface area contributed by atoms with Crippen LogP contribution in [-0.4, -0.2) is 33.8 Å². The third kappa shape index (κ3) is 4.30. The number of fused-ring (bicyclic) bond motifs is 1. The molecule has 0 aliphatic carbocycles. The number of rotatable bonds is 5. The first-order valence-electron chi connectivity index (χ1n) is 7.48. The van der Waals surface area contributed by atoms with Crippen molar-refractivity contribution in [1.82, 2.24) is 20.1 Å². The Balaban J connectivity index is 0.00000156. The lowest BCUT2D eigenvalue weighted by Gasteiger charge is -2.08. The highest BCUT2D eigenvalue weighted by Crippen LogP contribution is 2.29. The molecule has 0 spiro atoms. The highest BCUT2D eigenvalue weighted by molar-refractivity contribution is 7.13. The van der Waals surface area contributed by atoms with E-state index in [4.69, 9.17) is 5.73 Å². The second-order valence-electron chi connectivity index (χ2n) is 5.34. The number of aryl methyl sites for hydroxylation is 2. The average molecular weight is 402 g/mol. The fourth-order valence-corrected chi connectivity index (χ4v) is 3.26. The summed E-state index contributed by atoms with van der Waals surface area (Å²) in [5.41, 5.74) is 8.41. The van der Waals surface area contributed by atoms with Crippen LogP contribution in [0.5, 0.6) is 0 Å². The molecule has 3 aromatic heterocycles. The van der Waals surface area contributed by atoms with Crippen LogP contribution >= 0.6 is 36.2 Å². The van der Waals surface area contributed by atoms with E-state index in [1.54, 1.807) is 16.0 Å². The van der Waals surface area contributed by atoms with E-state index in [0.29, 0.717) is 18.7 Å². The molecule has 3 heterocycles. The van der Waals surface area contributed by atoms with Gasteiger partial charge in [0, 0.05) is 13.6 Å². The zero-order valence-electron chi connectivity index (χ0n) is 14.0. The van der Waals surface area contributed by atoms with E-state index >= 15 is 0 Å². The topological polar surface area (TPSA) is 85.8 Å². The number of nitrogens with zero attached hydrogens (tertiary/aromatic N) is 3. The SMILES string of the molecule is Cc1nn(C)c2nc(-c3cccs3)cc(C(=O)NCCCN)c12.Cl.Cl. The van der Waals surface area contributed by atoms with Gasteiger partial charge >= 0.3 is 0 Å². The van der Waals surface area contributed by atoms with Crippen molar-refractivity contribution in [1.29, 1.82) is 0 Å². The van der Waals surface area contributed by atoms with Crippen molar-refractivity contribution in [2.75, 3.05) is 13.1 Å². The molecule has 0 aliphatic heterocycles. The van der Waals surface area contributed by atoms with Crippen LogP contribution < -0.4 is 11.1 Å². The number of carbonyl (C=O) groups is 1. The third-order valence-corrected chi connectivity index (χ3v) is 4.55. The van der Waals surface area contributed by atoms with Crippen molar-refractivity contribution in [3.63, 3.8) is 0 Å². The quantitative estimate of drug-likeness (QED) is 0.643. The molecule has 0 aromatic carbocycles. The Labute approximate surface area is 162 Å². The number of thiophene rings is 1. The van der Waals surface area contributed by atoms with Gasteiger partial charge in [-0.3, -0.25) is 9.48 Å². The number of amides is 1. The minimum atomic E-state index is -0.111. The van der Waals surface area contributed by atoms with Gasteiger partial charge in [-0.05, 0) is 37.4 Å². The third-order valence-electron chi connectivity index (χ3n) is 3.65. The highest BCUT2D eigenvalue weighted by Gasteiger charge is 2.19. The standard InChI is InChI=1S/C16H19N5OS.2ClH/c1-10-14-11(16(22)18-7-4-6-17)9-12(13-5-3-8-23-13)19-15(14)21(2)20-10;;/h3,5,8-9H,4,6-7,17H2,1-2H3,(H,18,22);2*1H. The van der Waals surface area contributed by atoms with Gasteiger partial charge < -0.3 is 11.1 Å². The highest BCUT2D eigenvalue weighted by atomic mass is 35.5. The Bertz CT molecular complexity index is 848. The van der Waals surface area contributed by atoms with Gasteiger partial charge in [0.2, 0.25) is 0 Å². The molecule has 0 atom stereocenters. The molecular weight excluding hydrogens is 381 g/mol. The van der Waals surface area contributed by atoms with Crippen LogP contribution in [0.1, 0.15) is 22.5 Å². The molecule has 3 rings (SSSR count). The van der Waals surface area contributed by atoms with E-state index in [1.807, 2.05) is 37.6 Å². The van der Waals surface area contributed by atoms with Crippen LogP contribution in [0.2, 0.25) is 0 Å². The predicted molar refractivity (Wildman–Crippen MR) is 107 cm³/mol. The molecule has 25 heavy (non-hydrogen) atoms. The molecule has 0 fully saturated rings. The van der Waals surface area contributed by atoms with Crippen molar-refractivity contribution in [3.8, 4) is 10.6 Å². The second-order valence-corrected chi connectivity index (χ2v) is 6.29. The molecular formula is C16H21Cl2N5OS. The van der Waals surface area contributed by atoms with Crippen molar-refractivity contribution in [2.45, 2.75) is 13.3 Å². The van der Waals surface area contributed by atoms with Crippen LogP contribution in [0.3, 0.4) is 0 Å². The largest absolute Gasteiger partial charge is 0.352 e. The van der Waals surface area contributed by atoms with Crippen molar-refractivity contribution in [3.05, 3.63) is 34.8 Å². The Morgan fingerprint density at radius 3 is 2.80 bits per heavy atom. The van der Waals surface area contributed by atoms with E-state index in [9.17, 15) is 4.79 Å². The molecule has 0 saturated heterocycles. The molecule has 9 heteroatoms. The maximum atomic E-state index is 12.6. The van der Waals surface area contributed by atoms with Gasteiger partial charge in [-0.1, -0.05) is 6.07 Å². The maximum absolute atomic E-state index is 12.6. The van der Waals surface area contributed by atoms with E-state index < -0.39 is 0 Å². The lowest BCUT2D eigenvalue weighted by molar-refractivity contribution is 0.0955. The lowest BCUT2D eigenvalue weighted by Crippen LogP contribution is -2.26. The summed E-state index contributed by atoms with van der Waals surface area (Å²) >= 11 is 1.60. The zero-order chi connectivity index (χ0) is 16.4. The molecule has 0 radical (unpaired) electrons. The van der Waals surface area contributed by atoms with Crippen LogP contribution in [0.15, 0.2) is 23.6 Å². The summed E-state index contributed by atoms with van der Waals surface area (Å²) in [6, 6.07) is 5.82. The van der Waals surface area contributed by atoms with Gasteiger partial charge in [0.15, 0.2) is 5.65 Å². The molecule has 6 nitrogen and oxygen atoms in total. The summed E-state index contributed by atoms with van der Waals surface area (Å²) in [7, 11) is 1.84. The van der Waals surface area contributed by atoms with E-state index in [1.165, 1.54) is 0 Å². The molecule has 3 aromatic rings. The first-order valence-corrected chi connectivity index (χ1v) is 8.36. The summed E-state index contributed by atoms with van der Waals surface area (Å²) in [6.07, 6.45) is 0.754. The van der Waals surface area contributed by atoms with Gasteiger partial charge in [-0.2, -0.15) is 5.10 Å². The van der Waals surface area contributed by atoms with Crippen molar-refractivity contribution >= 4 is 53.1 Å². The number of hydrogen-bond donors (Lipinski definition) is 2. The minimum absolute atomic E-state index is 0. The number of hydrogen-bond acceptors (Lipinski definition) is 5. The summed E-state index contributed by atoms with van der Waals surface area (Å²) in [5, 5.41) is 10.1. The maximum Gasteiger partial charge on any atom is 0.252 e. The predicted octanol–water partition coefficient (Wildman–Crippen LogP) is 2.93. The van der Waals surface area contributed by atoms with Crippen molar-refractivity contribution < 1.29 is 4.79 Å². The normalized spacial score (nSPS) is 10.2. The van der Waals surface area contributed by atoms with Crippen LogP contribution in [-0.2, 0) is 7.05 Å². The Morgan fingerprint density at radius 2 is 2.16 bits per heavy atom. The molecule has 0 bridgehead atoms. The van der Waals surface area contributed by atoms with Crippen LogP contribution in [0.25, 0.3) is 21.6 Å². The first kappa shape index (κ1) is 21.4. The molecule has 0 saturated carbocycles. The zero-order valence-corrected chi connectivity index (χ0v) is 16.4. The first-order chi connectivity index (χ1) is 11.1. The number of pyridine rings is 1. The number of nitrogens with one attached hydrogen (secondary N) is 1. The fraction of sp³-hybridized carbons (Fsp3) is 0.312. The van der Waals surface area contributed by atoms with Crippen LogP contribution in [0.4, 0.5) is 0 Å². The summed E-state index contributed by atoms with van der Waals surface area (Å²) in [5.74, 6) is -0.111. The second kappa shape index (κ2) is 9.15. The summed E-state index contributed by atoms with van der Waals surface area (Å²) in [4.78, 5) is 18.3. The lowest BCUT2D eigenvalue weighted by atomic mass is 10.1. The van der Waals surface area contributed by atoms with Crippen LogP contribution in [0, 0.1) is 6.92 Å². The summed E-state index contributed by atoms with van der Waals surface area (Å²) in [6.45, 7) is 3.01. The van der Waals surface area contributed by atoms with Gasteiger partial charge in [0.1, 0.15) is 0 Å². The average Bonchev–Trinajstić information content (AvgIpc) is 3.16. The van der Waals surface area contributed by atoms with Gasteiger partial charge in [0.25, 0.3) is 5.91 Å². The summed E-state index contributed by atoms with van der Waals surface area (Å²) < 4.78 is 1.72. The molecule has 1 amide bonds. The van der Waals surface area contributed by atoms with Gasteiger partial charge in [-0.25, -0.2) is 4.98 Å². The molecule has 3 N–H and O–H groups in total. The van der Waals surface area contributed by atoms with Gasteiger partial charge in [-0.15, -0.1) is 36.2 Å². The Hall–Kier alpha value is -1.67. The number of halogens is 2. The van der Waals surface area contributed by atoms with Gasteiger partial charge in [0.05, 0.1) is 27.2 Å². The van der Waals surface area contributed by atoms with E-state index in [0.717, 1.165) is 33.7 Å². The molecule has 0 unspecified atom stereocenters. The number of nitrogens with two attached hydrogens (primary N) is 1. The number of aromatic nitrogens is 3. The molecule has 0 aliphatic rings. The Kier molecular flexibility index (Phi) is 7.82. The van der Waals surface area contributed by atoms with E-state index in [2.05, 4.69) is 15.4 Å². The smallest absolute Gasteiger partial charge is 0.252 e. The van der Waals surface area contributed by atoms with Crippen molar-refractivity contribution in [2.24, 2.45) is 12.8 Å². The fourth-order valence-electron chi connectivity index (χ4n) is 2.57. The van der Waals surface area contributed by atoms with E-state index in [-0.39, 0.29) is 30.7 Å².